The van der Waals surface area contributed by atoms with E-state index in [2.05, 4.69) is 31.1 Å². The fourth-order valence-electron chi connectivity index (χ4n) is 3.57. The van der Waals surface area contributed by atoms with Gasteiger partial charge in [-0.3, -0.25) is 9.11 Å². The molecule has 230 valence electrons. The number of nitrogens with zero attached hydrogens (tertiary/aromatic N) is 4. The Bertz CT molecular complexity index is 1820. The molecule has 0 aromatic heterocycles. The molecule has 0 fully saturated rings. The zero-order chi connectivity index (χ0) is 31.9. The second kappa shape index (κ2) is 17.1. The number of ether oxygens (including phenoxy) is 2. The van der Waals surface area contributed by atoms with Crippen molar-refractivity contribution in [2.45, 2.75) is 9.79 Å². The van der Waals surface area contributed by atoms with E-state index >= 15 is 0 Å². The number of benzene rings is 4. The van der Waals surface area contributed by atoms with Crippen LogP contribution in [0.2, 0.25) is 0 Å². The van der Waals surface area contributed by atoms with Crippen molar-refractivity contribution in [2.75, 3.05) is 24.9 Å². The van der Waals surface area contributed by atoms with E-state index < -0.39 is 26.3 Å². The Morgan fingerprint density at radius 1 is 0.565 bits per heavy atom. The minimum absolute atomic E-state index is 0. The summed E-state index contributed by atoms with van der Waals surface area (Å²) in [5.41, 5.74) is 2.10. The number of amides is 2. The van der Waals surface area contributed by atoms with Crippen LogP contribution in [0.1, 0.15) is 0 Å². The summed E-state index contributed by atoms with van der Waals surface area (Å²) < 4.78 is 73.5. The van der Waals surface area contributed by atoms with E-state index in [-0.39, 0.29) is 80.4 Å². The molecule has 4 rings (SSSR count). The van der Waals surface area contributed by atoms with Crippen LogP contribution in [0.5, 0.6) is 11.5 Å². The van der Waals surface area contributed by atoms with Crippen molar-refractivity contribution in [1.82, 2.24) is 0 Å². The number of hydrogen-bond donors (Lipinski definition) is 4. The molecule has 2 amide bonds. The van der Waals surface area contributed by atoms with Gasteiger partial charge in [0.15, 0.2) is 0 Å². The Balaban J connectivity index is 0.00000368. The number of azo groups is 2. The third-order valence-corrected chi connectivity index (χ3v) is 7.43. The summed E-state index contributed by atoms with van der Waals surface area (Å²) in [4.78, 5) is 12.2. The molecule has 19 heteroatoms. The average Bonchev–Trinajstić information content (AvgIpc) is 2.99. The van der Waals surface area contributed by atoms with E-state index in [0.717, 1.165) is 0 Å². The van der Waals surface area contributed by atoms with Gasteiger partial charge in [0, 0.05) is 71.2 Å². The molecule has 0 unspecified atom stereocenters. The summed E-state index contributed by atoms with van der Waals surface area (Å²) in [5, 5.41) is 21.6. The van der Waals surface area contributed by atoms with Gasteiger partial charge in [0.1, 0.15) is 11.5 Å². The van der Waals surface area contributed by atoms with Gasteiger partial charge in [-0.05, 0) is 72.8 Å². The molecule has 0 aliphatic rings. The van der Waals surface area contributed by atoms with Gasteiger partial charge in [-0.1, -0.05) is 0 Å². The first-order chi connectivity index (χ1) is 20.9. The fourth-order valence-corrected chi connectivity index (χ4v) is 4.53. The second-order valence-electron chi connectivity index (χ2n) is 8.69. The zero-order valence-electron chi connectivity index (χ0n) is 24.9. The van der Waals surface area contributed by atoms with Crippen molar-refractivity contribution < 1.29 is 40.2 Å². The molecule has 0 heterocycles. The monoisotopic (exact) mass is 686 g/mol. The summed E-state index contributed by atoms with van der Waals surface area (Å²) in [5.74, 6) is 0.566. The quantitative estimate of drug-likeness (QED) is 0.0884. The molecule has 0 saturated carbocycles. The minimum Gasteiger partial charge on any atom is -0.494 e. The Kier molecular flexibility index (Phi) is 14.5. The maximum absolute atomic E-state index is 12.8. The molecule has 2 radical (unpaired) electrons. The first-order valence-corrected chi connectivity index (χ1v) is 15.2. The predicted molar refractivity (Wildman–Crippen MR) is 171 cm³/mol. The van der Waals surface area contributed by atoms with E-state index in [1.54, 1.807) is 24.3 Å². The molecule has 15 nitrogen and oxygen atoms in total. The van der Waals surface area contributed by atoms with Crippen molar-refractivity contribution in [2.24, 2.45) is 20.5 Å². The van der Waals surface area contributed by atoms with Crippen molar-refractivity contribution in [3.63, 3.8) is 0 Å². The number of methoxy groups -OCH3 is 2. The summed E-state index contributed by atoms with van der Waals surface area (Å²) in [6.07, 6.45) is 0. The molecule has 0 aliphatic heterocycles. The van der Waals surface area contributed by atoms with E-state index in [1.165, 1.54) is 74.9 Å². The minimum atomic E-state index is -4.32. The van der Waals surface area contributed by atoms with Crippen LogP contribution in [-0.4, -0.2) is 105 Å². The van der Waals surface area contributed by atoms with Crippen LogP contribution in [0.4, 0.5) is 38.9 Å². The molecule has 0 bridgehead atoms. The van der Waals surface area contributed by atoms with Gasteiger partial charge in [0.05, 0.1) is 58.1 Å². The van der Waals surface area contributed by atoms with Gasteiger partial charge < -0.3 is 20.1 Å². The normalized spacial score (nSPS) is 11.4. The van der Waals surface area contributed by atoms with Crippen LogP contribution in [0.25, 0.3) is 0 Å². The summed E-state index contributed by atoms with van der Waals surface area (Å²) in [6.45, 7) is 0. The first kappa shape index (κ1) is 39.0. The molecular formula is C27H24N6Na2O9S2. The summed E-state index contributed by atoms with van der Waals surface area (Å²) in [6, 6.07) is 19.0. The summed E-state index contributed by atoms with van der Waals surface area (Å²) >= 11 is 0. The molecule has 46 heavy (non-hydrogen) atoms. The second-order valence-corrected chi connectivity index (χ2v) is 11.5. The number of rotatable bonds is 10. The topological polar surface area (TPSA) is 218 Å². The van der Waals surface area contributed by atoms with E-state index in [1.807, 2.05) is 0 Å². The number of urea groups is 1. The van der Waals surface area contributed by atoms with Gasteiger partial charge in [-0.15, -0.1) is 0 Å². The van der Waals surface area contributed by atoms with Gasteiger partial charge in [0.25, 0.3) is 20.2 Å². The van der Waals surface area contributed by atoms with Crippen molar-refractivity contribution in [1.29, 1.82) is 0 Å². The van der Waals surface area contributed by atoms with Gasteiger partial charge >= 0.3 is 6.03 Å². The van der Waals surface area contributed by atoms with E-state index in [0.29, 0.717) is 34.1 Å². The van der Waals surface area contributed by atoms with Crippen LogP contribution < -0.4 is 20.1 Å². The number of nitrogens with one attached hydrogen (secondary N) is 2. The number of carbonyl (C=O) groups excluding carboxylic acids is 1. The molecule has 4 N–H and O–H groups in total. The number of anilines is 2. The van der Waals surface area contributed by atoms with Gasteiger partial charge in [-0.2, -0.15) is 37.3 Å². The molecule has 0 spiro atoms. The van der Waals surface area contributed by atoms with Crippen LogP contribution in [-0.2, 0) is 20.2 Å². The number of hydrogen-bond acceptors (Lipinski definition) is 11. The molecule has 0 saturated heterocycles. The maximum atomic E-state index is 12.8. The largest absolute Gasteiger partial charge is 0.494 e. The van der Waals surface area contributed by atoms with Crippen LogP contribution in [0, 0.1) is 0 Å². The molecule has 4 aromatic rings. The standard InChI is InChI=1S/C27H24N6O9S2.2Na/c1-41-25-15-19(32-30-17-3-9-21(10-4-17)43(35,36)37)7-13-23(25)28-27(34)29-24-14-8-20(16-26(24)42-2)33-31-18-5-11-22(12-6-18)44(38,39)40;;/h3-16H,1-2H3,(H2,28,29,34)(H,35,36,37)(H,38,39,40);;. The Hall–Kier alpha value is -3.23. The molecular weight excluding hydrogens is 662 g/mol. The number of carbonyl (C=O) groups is 1. The molecule has 0 aliphatic carbocycles. The SMILES string of the molecule is COc1cc(N=Nc2ccc(S(=O)(=O)O)cc2)ccc1NC(=O)Nc1ccc(N=Nc2ccc(S(=O)(=O)O)cc2)cc1OC.[Na].[Na]. The first-order valence-electron chi connectivity index (χ1n) is 12.3. The van der Waals surface area contributed by atoms with Crippen molar-refractivity contribution in [3.8, 4) is 11.5 Å². The third-order valence-electron chi connectivity index (χ3n) is 5.70. The smallest absolute Gasteiger partial charge is 0.323 e. The predicted octanol–water partition coefficient (Wildman–Crippen LogP) is 5.91. The fraction of sp³-hybridized carbons (Fsp3) is 0.0741. The van der Waals surface area contributed by atoms with Gasteiger partial charge in [0.2, 0.25) is 0 Å². The molecule has 0 atom stereocenters. The van der Waals surface area contributed by atoms with Crippen molar-refractivity contribution in [3.05, 3.63) is 84.9 Å². The van der Waals surface area contributed by atoms with E-state index in [4.69, 9.17) is 18.6 Å². The van der Waals surface area contributed by atoms with Gasteiger partial charge in [-0.25, -0.2) is 4.79 Å². The van der Waals surface area contributed by atoms with Crippen LogP contribution in [0.15, 0.2) is 115 Å². The Labute approximate surface area is 308 Å². The van der Waals surface area contributed by atoms with Crippen LogP contribution in [0.3, 0.4) is 0 Å². The maximum Gasteiger partial charge on any atom is 0.323 e. The molecule has 4 aromatic carbocycles. The third kappa shape index (κ3) is 10.9. The van der Waals surface area contributed by atoms with E-state index in [9.17, 15) is 21.6 Å². The van der Waals surface area contributed by atoms with Crippen molar-refractivity contribution >= 4 is 120 Å². The van der Waals surface area contributed by atoms with Crippen LogP contribution >= 0.6 is 0 Å². The zero-order valence-corrected chi connectivity index (χ0v) is 30.6. The average molecular weight is 687 g/mol. The Morgan fingerprint density at radius 2 is 0.870 bits per heavy atom. The summed E-state index contributed by atoms with van der Waals surface area (Å²) in [7, 11) is -5.82. The Morgan fingerprint density at radius 3 is 1.17 bits per heavy atom.